The Bertz CT molecular complexity index is 610. The minimum Gasteiger partial charge on any atom is -0.394 e. The molecule has 2 rings (SSSR count). The van der Waals surface area contributed by atoms with Gasteiger partial charge in [0.25, 0.3) is 11.6 Å². The van der Waals surface area contributed by atoms with Gasteiger partial charge in [-0.3, -0.25) is 10.1 Å². The molecule has 0 saturated heterocycles. The number of nitrogens with two attached hydrogens (primary N) is 1. The lowest BCUT2D eigenvalue weighted by atomic mass is 10.1. The maximum absolute atomic E-state index is 10.6. The number of aliphatic hydroxyl groups is 1. The Morgan fingerprint density at radius 3 is 2.89 bits per heavy atom. The summed E-state index contributed by atoms with van der Waals surface area (Å²) in [5.74, 6) is 0.404. The van der Waals surface area contributed by atoms with Crippen LogP contribution in [0.4, 0.5) is 5.69 Å². The molecule has 1 heterocycles. The number of aliphatic hydroxyl groups excluding tert-OH is 1. The molecule has 0 amide bonds. The Balaban J connectivity index is 2.37. The average molecular weight is 264 g/mol. The van der Waals surface area contributed by atoms with E-state index in [1.165, 1.54) is 18.2 Å². The topological polar surface area (TPSA) is 128 Å². The van der Waals surface area contributed by atoms with E-state index in [9.17, 15) is 10.1 Å². The van der Waals surface area contributed by atoms with Gasteiger partial charge in [0.2, 0.25) is 0 Å². The molecule has 0 bridgehead atoms. The lowest BCUT2D eigenvalue weighted by Crippen LogP contribution is -2.15. The molecule has 1 atom stereocenters. The third kappa shape index (κ3) is 2.59. The van der Waals surface area contributed by atoms with Crippen molar-refractivity contribution in [1.29, 1.82) is 0 Å². The van der Waals surface area contributed by atoms with Crippen molar-refractivity contribution < 1.29 is 14.6 Å². The minimum atomic E-state index is -0.712. The van der Waals surface area contributed by atoms with Crippen molar-refractivity contribution in [3.8, 4) is 11.5 Å². The van der Waals surface area contributed by atoms with Gasteiger partial charge >= 0.3 is 0 Å². The van der Waals surface area contributed by atoms with Crippen molar-refractivity contribution in [2.45, 2.75) is 13.0 Å². The number of aryl methyl sites for hydroxylation is 1. The zero-order chi connectivity index (χ0) is 14.0. The van der Waals surface area contributed by atoms with Gasteiger partial charge < -0.3 is 15.4 Å². The molecule has 19 heavy (non-hydrogen) atoms. The van der Waals surface area contributed by atoms with Crippen LogP contribution in [0.25, 0.3) is 11.5 Å². The second kappa shape index (κ2) is 5.12. The summed E-state index contributed by atoms with van der Waals surface area (Å²) in [5.41, 5.74) is 6.79. The normalized spacial score (nSPS) is 12.4. The fourth-order valence-electron chi connectivity index (χ4n) is 1.58. The minimum absolute atomic E-state index is 0.00644. The molecule has 3 N–H and O–H groups in total. The van der Waals surface area contributed by atoms with Crippen LogP contribution < -0.4 is 5.73 Å². The summed E-state index contributed by atoms with van der Waals surface area (Å²) in [7, 11) is 0. The summed E-state index contributed by atoms with van der Waals surface area (Å²) in [6.07, 6.45) is 0. The standard InChI is InChI=1S/C11H12N4O4/c1-6-4-7(15(17)18)2-3-8(6)11-13-10(14-19-11)9(12)5-16/h2-4,9,16H,5,12H2,1H3. The molecule has 1 aromatic carbocycles. The Morgan fingerprint density at radius 1 is 1.58 bits per heavy atom. The van der Waals surface area contributed by atoms with Gasteiger partial charge in [-0.1, -0.05) is 5.16 Å². The number of nitro benzene ring substituents is 1. The zero-order valence-corrected chi connectivity index (χ0v) is 10.1. The van der Waals surface area contributed by atoms with E-state index in [0.717, 1.165) is 0 Å². The lowest BCUT2D eigenvalue weighted by Gasteiger charge is -2.00. The molecule has 100 valence electrons. The number of aromatic nitrogens is 2. The van der Waals surface area contributed by atoms with Crippen molar-refractivity contribution in [1.82, 2.24) is 10.1 Å². The van der Waals surface area contributed by atoms with Gasteiger partial charge in [-0.2, -0.15) is 4.98 Å². The van der Waals surface area contributed by atoms with E-state index >= 15 is 0 Å². The Morgan fingerprint density at radius 2 is 2.32 bits per heavy atom. The lowest BCUT2D eigenvalue weighted by molar-refractivity contribution is -0.384. The van der Waals surface area contributed by atoms with Crippen molar-refractivity contribution in [2.24, 2.45) is 5.73 Å². The number of nitrogens with zero attached hydrogens (tertiary/aromatic N) is 3. The highest BCUT2D eigenvalue weighted by atomic mass is 16.6. The highest BCUT2D eigenvalue weighted by Gasteiger charge is 2.17. The predicted octanol–water partition coefficient (Wildman–Crippen LogP) is 0.945. The molecular weight excluding hydrogens is 252 g/mol. The number of hydrogen-bond donors (Lipinski definition) is 2. The maximum atomic E-state index is 10.6. The summed E-state index contributed by atoms with van der Waals surface area (Å²) in [5, 5.41) is 23.2. The molecule has 0 saturated carbocycles. The highest BCUT2D eigenvalue weighted by molar-refractivity contribution is 5.61. The Kier molecular flexibility index (Phi) is 3.54. The van der Waals surface area contributed by atoms with Gasteiger partial charge in [-0.05, 0) is 18.6 Å². The van der Waals surface area contributed by atoms with E-state index in [0.29, 0.717) is 11.1 Å². The van der Waals surface area contributed by atoms with Gasteiger partial charge in [-0.15, -0.1) is 0 Å². The first kappa shape index (κ1) is 13.1. The molecule has 0 aliphatic heterocycles. The van der Waals surface area contributed by atoms with E-state index < -0.39 is 11.0 Å². The average Bonchev–Trinajstić information content (AvgIpc) is 2.87. The first-order chi connectivity index (χ1) is 9.02. The third-order valence-electron chi connectivity index (χ3n) is 2.62. The molecule has 8 heteroatoms. The number of rotatable bonds is 4. The summed E-state index contributed by atoms with van der Waals surface area (Å²) in [6, 6.07) is 3.61. The molecule has 2 aromatic rings. The van der Waals surface area contributed by atoms with Crippen molar-refractivity contribution in [2.75, 3.05) is 6.61 Å². The molecule has 8 nitrogen and oxygen atoms in total. The van der Waals surface area contributed by atoms with Gasteiger partial charge in [0.1, 0.15) is 0 Å². The first-order valence-corrected chi connectivity index (χ1v) is 5.48. The largest absolute Gasteiger partial charge is 0.394 e. The number of non-ortho nitro benzene ring substituents is 1. The second-order valence-corrected chi connectivity index (χ2v) is 4.00. The fourth-order valence-corrected chi connectivity index (χ4v) is 1.58. The van der Waals surface area contributed by atoms with Gasteiger partial charge in [0.15, 0.2) is 5.82 Å². The van der Waals surface area contributed by atoms with Crippen LogP contribution in [0.15, 0.2) is 22.7 Å². The maximum Gasteiger partial charge on any atom is 0.269 e. The van der Waals surface area contributed by atoms with Crippen molar-refractivity contribution >= 4 is 5.69 Å². The third-order valence-corrected chi connectivity index (χ3v) is 2.62. The fraction of sp³-hybridized carbons (Fsp3) is 0.273. The summed E-state index contributed by atoms with van der Waals surface area (Å²) < 4.78 is 5.03. The van der Waals surface area contributed by atoms with E-state index in [4.69, 9.17) is 15.4 Å². The van der Waals surface area contributed by atoms with E-state index in [2.05, 4.69) is 10.1 Å². The number of benzene rings is 1. The van der Waals surface area contributed by atoms with Crippen LogP contribution in [-0.4, -0.2) is 26.8 Å². The summed E-state index contributed by atoms with van der Waals surface area (Å²) >= 11 is 0. The Hall–Kier alpha value is -2.32. The van der Waals surface area contributed by atoms with E-state index in [-0.39, 0.29) is 24.0 Å². The van der Waals surface area contributed by atoms with Crippen LogP contribution in [0.5, 0.6) is 0 Å². The molecule has 1 aromatic heterocycles. The predicted molar refractivity (Wildman–Crippen MR) is 65.1 cm³/mol. The van der Waals surface area contributed by atoms with Crippen LogP contribution in [0.3, 0.4) is 0 Å². The van der Waals surface area contributed by atoms with Gasteiger partial charge in [0.05, 0.1) is 17.6 Å². The number of hydrogen-bond acceptors (Lipinski definition) is 7. The molecule has 0 spiro atoms. The van der Waals surface area contributed by atoms with E-state index in [1.54, 1.807) is 6.92 Å². The van der Waals surface area contributed by atoms with Crippen LogP contribution in [0.1, 0.15) is 17.4 Å². The molecule has 0 aliphatic carbocycles. The first-order valence-electron chi connectivity index (χ1n) is 5.48. The SMILES string of the molecule is Cc1cc([N+](=O)[O-])ccc1-c1nc(C(N)CO)no1. The Labute approximate surface area is 108 Å². The van der Waals surface area contributed by atoms with Crippen LogP contribution in [0, 0.1) is 17.0 Å². The van der Waals surface area contributed by atoms with Gasteiger partial charge in [0, 0.05) is 17.7 Å². The highest BCUT2D eigenvalue weighted by Crippen LogP contribution is 2.26. The molecule has 0 radical (unpaired) electrons. The number of nitro groups is 1. The van der Waals surface area contributed by atoms with Crippen LogP contribution >= 0.6 is 0 Å². The van der Waals surface area contributed by atoms with Crippen LogP contribution in [-0.2, 0) is 0 Å². The van der Waals surface area contributed by atoms with Crippen molar-refractivity contribution in [3.63, 3.8) is 0 Å². The van der Waals surface area contributed by atoms with Crippen LogP contribution in [0.2, 0.25) is 0 Å². The summed E-state index contributed by atoms with van der Waals surface area (Å²) in [4.78, 5) is 14.2. The summed E-state index contributed by atoms with van der Waals surface area (Å²) in [6.45, 7) is 1.41. The van der Waals surface area contributed by atoms with Crippen molar-refractivity contribution in [3.05, 3.63) is 39.7 Å². The second-order valence-electron chi connectivity index (χ2n) is 4.00. The zero-order valence-electron chi connectivity index (χ0n) is 10.1. The molecule has 0 aliphatic rings. The molecule has 0 fully saturated rings. The smallest absolute Gasteiger partial charge is 0.269 e. The van der Waals surface area contributed by atoms with Gasteiger partial charge in [-0.25, -0.2) is 0 Å². The van der Waals surface area contributed by atoms with E-state index in [1.807, 2.05) is 0 Å². The molecule has 1 unspecified atom stereocenters. The quantitative estimate of drug-likeness (QED) is 0.621. The molecular formula is C11H12N4O4. The monoisotopic (exact) mass is 264 g/mol.